The SMILES string of the molecule is Cn1cc(-c2cc(F)cc(-c3ccc(-n4ccn(C)c4=O)c(Cl)c3)c2O)cc(N2CC[C@]3(CCCN3)C2)c1=O. The maximum atomic E-state index is 15.0. The van der Waals surface area contributed by atoms with Gasteiger partial charge in [0.2, 0.25) is 0 Å². The highest BCUT2D eigenvalue weighted by Gasteiger charge is 2.40. The van der Waals surface area contributed by atoms with Gasteiger partial charge in [-0.15, -0.1) is 0 Å². The number of aromatic nitrogens is 3. The molecule has 2 aliphatic rings. The molecule has 0 saturated carbocycles. The molecule has 0 radical (unpaired) electrons. The molecule has 2 aliphatic heterocycles. The normalized spacial score (nSPS) is 18.9. The molecule has 2 aromatic heterocycles. The quantitative estimate of drug-likeness (QED) is 0.401. The third-order valence-electron chi connectivity index (χ3n) is 8.04. The zero-order valence-corrected chi connectivity index (χ0v) is 22.5. The van der Waals surface area contributed by atoms with Crippen LogP contribution in [0, 0.1) is 5.82 Å². The number of phenols is 1. The molecule has 1 atom stereocenters. The molecule has 1 spiro atoms. The summed E-state index contributed by atoms with van der Waals surface area (Å²) in [5.41, 5.74) is 2.21. The lowest BCUT2D eigenvalue weighted by Gasteiger charge is -2.25. The van der Waals surface area contributed by atoms with Crippen molar-refractivity contribution >= 4 is 17.3 Å². The summed E-state index contributed by atoms with van der Waals surface area (Å²) in [6, 6.07) is 9.20. The van der Waals surface area contributed by atoms with Crippen LogP contribution in [0.5, 0.6) is 5.75 Å². The highest BCUT2D eigenvalue weighted by atomic mass is 35.5. The number of rotatable bonds is 4. The van der Waals surface area contributed by atoms with Crippen molar-refractivity contribution in [2.24, 2.45) is 14.1 Å². The number of aromatic hydroxyl groups is 1. The summed E-state index contributed by atoms with van der Waals surface area (Å²) in [4.78, 5) is 27.6. The average Bonchev–Trinajstić information content (AvgIpc) is 3.64. The number of phenolic OH excluding ortho intramolecular Hbond substituents is 1. The van der Waals surface area contributed by atoms with Gasteiger partial charge in [-0.1, -0.05) is 17.7 Å². The number of anilines is 1. The van der Waals surface area contributed by atoms with Gasteiger partial charge < -0.3 is 24.5 Å². The van der Waals surface area contributed by atoms with E-state index in [1.165, 1.54) is 25.8 Å². The molecule has 2 fully saturated rings. The fourth-order valence-corrected chi connectivity index (χ4v) is 6.19. The van der Waals surface area contributed by atoms with Gasteiger partial charge in [-0.05, 0) is 61.7 Å². The lowest BCUT2D eigenvalue weighted by atomic mass is 9.96. The van der Waals surface area contributed by atoms with Crippen LogP contribution in [0.1, 0.15) is 19.3 Å². The molecule has 0 unspecified atom stereocenters. The second-order valence-corrected chi connectivity index (χ2v) is 11.0. The van der Waals surface area contributed by atoms with Gasteiger partial charge in [-0.2, -0.15) is 0 Å². The largest absolute Gasteiger partial charge is 0.507 e. The molecule has 0 aliphatic carbocycles. The van der Waals surface area contributed by atoms with Crippen molar-refractivity contribution < 1.29 is 9.50 Å². The van der Waals surface area contributed by atoms with E-state index < -0.39 is 5.82 Å². The Morgan fingerprint density at radius 1 is 0.974 bits per heavy atom. The fourth-order valence-electron chi connectivity index (χ4n) is 5.92. The number of hydrogen-bond acceptors (Lipinski definition) is 5. The lowest BCUT2D eigenvalue weighted by molar-refractivity contribution is 0.419. The van der Waals surface area contributed by atoms with Crippen molar-refractivity contribution in [2.75, 3.05) is 24.5 Å². The van der Waals surface area contributed by atoms with Crippen molar-refractivity contribution in [1.29, 1.82) is 0 Å². The van der Waals surface area contributed by atoms with Crippen molar-refractivity contribution in [3.05, 3.63) is 86.7 Å². The summed E-state index contributed by atoms with van der Waals surface area (Å²) in [5.74, 6) is -0.667. The Hall–Kier alpha value is -3.82. The van der Waals surface area contributed by atoms with Gasteiger partial charge in [0.1, 0.15) is 17.3 Å². The molecule has 4 heterocycles. The minimum absolute atomic E-state index is 0.0332. The van der Waals surface area contributed by atoms with Gasteiger partial charge in [0, 0.05) is 68.0 Å². The van der Waals surface area contributed by atoms with E-state index in [1.54, 1.807) is 57.0 Å². The van der Waals surface area contributed by atoms with Gasteiger partial charge in [-0.3, -0.25) is 9.36 Å². The Morgan fingerprint density at radius 3 is 2.41 bits per heavy atom. The van der Waals surface area contributed by atoms with E-state index in [9.17, 15) is 19.1 Å². The highest BCUT2D eigenvalue weighted by molar-refractivity contribution is 6.32. The molecule has 0 bridgehead atoms. The van der Waals surface area contributed by atoms with Crippen LogP contribution in [0.2, 0.25) is 5.02 Å². The molecular weight excluding hydrogens is 521 g/mol. The number of hydrogen-bond donors (Lipinski definition) is 2. The Balaban J connectivity index is 1.41. The van der Waals surface area contributed by atoms with Crippen LogP contribution in [-0.2, 0) is 14.1 Å². The summed E-state index contributed by atoms with van der Waals surface area (Å²) >= 11 is 6.53. The summed E-state index contributed by atoms with van der Waals surface area (Å²) < 4.78 is 19.3. The van der Waals surface area contributed by atoms with Crippen molar-refractivity contribution in [3.63, 3.8) is 0 Å². The van der Waals surface area contributed by atoms with Gasteiger partial charge >= 0.3 is 5.69 Å². The maximum Gasteiger partial charge on any atom is 0.332 e. The first-order valence-electron chi connectivity index (χ1n) is 12.9. The number of benzene rings is 2. The predicted octanol–water partition coefficient (Wildman–Crippen LogP) is 4.04. The van der Waals surface area contributed by atoms with E-state index in [2.05, 4.69) is 10.2 Å². The third-order valence-corrected chi connectivity index (χ3v) is 8.34. The predicted molar refractivity (Wildman–Crippen MR) is 151 cm³/mol. The third kappa shape index (κ3) is 4.35. The van der Waals surface area contributed by atoms with E-state index in [1.807, 2.05) is 0 Å². The Morgan fingerprint density at radius 2 is 1.74 bits per heavy atom. The van der Waals surface area contributed by atoms with E-state index in [0.717, 1.165) is 38.9 Å². The first kappa shape index (κ1) is 25.5. The first-order chi connectivity index (χ1) is 18.7. The highest BCUT2D eigenvalue weighted by Crippen LogP contribution is 2.41. The van der Waals surface area contributed by atoms with Crippen LogP contribution >= 0.6 is 11.6 Å². The lowest BCUT2D eigenvalue weighted by Crippen LogP contribution is -2.43. The van der Waals surface area contributed by atoms with Crippen molar-refractivity contribution in [3.8, 4) is 33.7 Å². The number of nitrogens with zero attached hydrogens (tertiary/aromatic N) is 4. The summed E-state index contributed by atoms with van der Waals surface area (Å²) in [7, 11) is 3.31. The molecule has 2 saturated heterocycles. The molecular formula is C29H29ClFN5O3. The molecule has 2 aromatic carbocycles. The molecule has 2 N–H and O–H groups in total. The van der Waals surface area contributed by atoms with E-state index >= 15 is 0 Å². The summed E-state index contributed by atoms with van der Waals surface area (Å²) in [6.07, 6.45) is 8.02. The van der Waals surface area contributed by atoms with Gasteiger partial charge in [0.25, 0.3) is 5.56 Å². The van der Waals surface area contributed by atoms with Crippen LogP contribution in [0.3, 0.4) is 0 Å². The van der Waals surface area contributed by atoms with Crippen molar-refractivity contribution in [2.45, 2.75) is 24.8 Å². The zero-order valence-electron chi connectivity index (χ0n) is 21.7. The van der Waals surface area contributed by atoms with Crippen molar-refractivity contribution in [1.82, 2.24) is 19.0 Å². The smallest absolute Gasteiger partial charge is 0.332 e. The van der Waals surface area contributed by atoms with E-state index in [-0.39, 0.29) is 38.7 Å². The van der Waals surface area contributed by atoms with E-state index in [0.29, 0.717) is 22.5 Å². The summed E-state index contributed by atoms with van der Waals surface area (Å²) in [6.45, 7) is 2.47. The minimum Gasteiger partial charge on any atom is -0.507 e. The van der Waals surface area contributed by atoms with E-state index in [4.69, 9.17) is 11.6 Å². The summed E-state index contributed by atoms with van der Waals surface area (Å²) in [5, 5.41) is 15.2. The number of pyridine rings is 1. The molecule has 0 amide bonds. The molecule has 202 valence electrons. The average molecular weight is 550 g/mol. The molecule has 39 heavy (non-hydrogen) atoms. The molecule has 10 heteroatoms. The number of aryl methyl sites for hydroxylation is 2. The first-order valence-corrected chi connectivity index (χ1v) is 13.3. The van der Waals surface area contributed by atoms with Crippen LogP contribution in [0.25, 0.3) is 27.9 Å². The minimum atomic E-state index is -0.539. The van der Waals surface area contributed by atoms with Gasteiger partial charge in [-0.25, -0.2) is 9.18 Å². The second kappa shape index (κ2) is 9.43. The molecule has 4 aromatic rings. The van der Waals surface area contributed by atoms with Gasteiger partial charge in [0.05, 0.1) is 10.7 Å². The topological polar surface area (TPSA) is 84.4 Å². The maximum absolute atomic E-state index is 15.0. The van der Waals surface area contributed by atoms with Crippen LogP contribution in [0.15, 0.2) is 64.6 Å². The number of nitrogens with one attached hydrogen (secondary N) is 1. The second-order valence-electron chi connectivity index (χ2n) is 10.6. The molecule has 6 rings (SSSR count). The number of imidazole rings is 1. The Labute approximate surface area is 229 Å². The monoisotopic (exact) mass is 549 g/mol. The van der Waals surface area contributed by atoms with Gasteiger partial charge in [0.15, 0.2) is 0 Å². The fraction of sp³-hybridized carbons (Fsp3) is 0.310. The van der Waals surface area contributed by atoms with Crippen LogP contribution < -0.4 is 21.5 Å². The Bertz CT molecular complexity index is 1720. The number of halogens is 2. The van der Waals surface area contributed by atoms with Crippen LogP contribution in [0.4, 0.5) is 10.1 Å². The zero-order chi connectivity index (χ0) is 27.5. The standard InChI is InChI=1S/C29H29ClFN5O3/c1-33-10-11-36(28(33)39)24-5-4-18(12-23(24)30)21-14-20(31)15-22(26(21)37)19-13-25(27(38)34(2)16-19)35-9-7-29(17-35)6-3-8-32-29/h4-5,10-16,32,37H,3,6-9,17H2,1-2H3/t29-/m1/s1. The Kier molecular flexibility index (Phi) is 6.15. The van der Waals surface area contributed by atoms with Crippen LogP contribution in [-0.4, -0.2) is 44.0 Å². The molecule has 8 nitrogen and oxygen atoms in total.